The molecule has 1 saturated carbocycles. The van der Waals surface area contributed by atoms with Crippen molar-refractivity contribution in [3.05, 3.63) is 18.5 Å². The van der Waals surface area contributed by atoms with Crippen LogP contribution in [0.4, 0.5) is 4.79 Å². The molecular weight excluding hydrogens is 304 g/mol. The maximum absolute atomic E-state index is 11.2. The largest absolute Gasteiger partial charge is 0.465 e. The molecule has 1 aromatic heterocycles. The van der Waals surface area contributed by atoms with E-state index in [1.54, 1.807) is 4.90 Å². The van der Waals surface area contributed by atoms with Crippen LogP contribution in [0.2, 0.25) is 0 Å². The third-order valence-electron chi connectivity index (χ3n) is 6.92. The van der Waals surface area contributed by atoms with Gasteiger partial charge in [0.15, 0.2) is 0 Å². The van der Waals surface area contributed by atoms with Gasteiger partial charge in [-0.1, -0.05) is 0 Å². The summed E-state index contributed by atoms with van der Waals surface area (Å²) in [5, 5.41) is 13.6. The third kappa shape index (κ3) is 2.61. The number of piperidine rings is 1. The summed E-state index contributed by atoms with van der Waals surface area (Å²) in [7, 11) is 0. The van der Waals surface area contributed by atoms with E-state index < -0.39 is 6.09 Å². The van der Waals surface area contributed by atoms with Gasteiger partial charge in [-0.3, -0.25) is 9.58 Å². The van der Waals surface area contributed by atoms with Crippen molar-refractivity contribution in [1.29, 1.82) is 0 Å². The summed E-state index contributed by atoms with van der Waals surface area (Å²) >= 11 is 0. The molecule has 24 heavy (non-hydrogen) atoms. The van der Waals surface area contributed by atoms with E-state index in [0.717, 1.165) is 32.6 Å². The molecule has 3 heterocycles. The monoisotopic (exact) mass is 332 g/mol. The van der Waals surface area contributed by atoms with Crippen LogP contribution in [0.15, 0.2) is 18.5 Å². The summed E-state index contributed by atoms with van der Waals surface area (Å²) in [6.45, 7) is 6.04. The minimum Gasteiger partial charge on any atom is -0.465 e. The van der Waals surface area contributed by atoms with Crippen molar-refractivity contribution in [3.8, 4) is 0 Å². The molecule has 1 aromatic rings. The Balaban J connectivity index is 1.34. The predicted molar refractivity (Wildman–Crippen MR) is 90.9 cm³/mol. The maximum Gasteiger partial charge on any atom is 0.407 e. The van der Waals surface area contributed by atoms with Crippen LogP contribution in [0.5, 0.6) is 0 Å². The van der Waals surface area contributed by atoms with Crippen molar-refractivity contribution in [2.45, 2.75) is 51.1 Å². The van der Waals surface area contributed by atoms with Crippen LogP contribution >= 0.6 is 0 Å². The van der Waals surface area contributed by atoms with Gasteiger partial charge in [-0.15, -0.1) is 0 Å². The first kappa shape index (κ1) is 15.9. The molecule has 1 N–H and O–H groups in total. The Morgan fingerprint density at radius 3 is 2.58 bits per heavy atom. The topological polar surface area (TPSA) is 61.6 Å². The van der Waals surface area contributed by atoms with Crippen LogP contribution in [0, 0.1) is 11.3 Å². The highest BCUT2D eigenvalue weighted by molar-refractivity contribution is 5.65. The lowest BCUT2D eigenvalue weighted by atomic mass is 9.62. The lowest BCUT2D eigenvalue weighted by molar-refractivity contribution is -0.0373. The Morgan fingerprint density at radius 1 is 1.25 bits per heavy atom. The van der Waals surface area contributed by atoms with Gasteiger partial charge < -0.3 is 10.0 Å². The van der Waals surface area contributed by atoms with Crippen LogP contribution in [0.25, 0.3) is 0 Å². The Morgan fingerprint density at radius 2 is 2.04 bits per heavy atom. The molecule has 3 unspecified atom stereocenters. The molecular formula is C18H28N4O2. The number of hydrogen-bond acceptors (Lipinski definition) is 3. The van der Waals surface area contributed by atoms with Crippen molar-refractivity contribution < 1.29 is 9.90 Å². The summed E-state index contributed by atoms with van der Waals surface area (Å²) in [4.78, 5) is 15.5. The quantitative estimate of drug-likeness (QED) is 0.924. The van der Waals surface area contributed by atoms with Crippen molar-refractivity contribution in [2.75, 3.05) is 26.2 Å². The molecule has 132 valence electrons. The molecule has 3 atom stereocenters. The van der Waals surface area contributed by atoms with E-state index in [0.29, 0.717) is 18.0 Å². The van der Waals surface area contributed by atoms with Crippen molar-refractivity contribution in [2.24, 2.45) is 11.3 Å². The number of carboxylic acid groups (broad SMARTS) is 1. The van der Waals surface area contributed by atoms with Gasteiger partial charge in [-0.25, -0.2) is 4.79 Å². The molecule has 1 amide bonds. The Bertz CT molecular complexity index is 582. The fourth-order valence-corrected chi connectivity index (χ4v) is 5.24. The molecule has 1 spiro atoms. The summed E-state index contributed by atoms with van der Waals surface area (Å²) in [5.74, 6) is 0.691. The predicted octanol–water partition coefficient (Wildman–Crippen LogP) is 2.69. The average molecular weight is 332 g/mol. The lowest BCUT2D eigenvalue weighted by Gasteiger charge is -2.54. The molecule has 6 nitrogen and oxygen atoms in total. The number of aromatic nitrogens is 2. The van der Waals surface area contributed by atoms with Gasteiger partial charge in [0.2, 0.25) is 0 Å². The fourth-order valence-electron chi connectivity index (χ4n) is 5.24. The molecule has 1 aliphatic carbocycles. The first-order valence-corrected chi connectivity index (χ1v) is 9.30. The van der Waals surface area contributed by atoms with Crippen molar-refractivity contribution in [3.63, 3.8) is 0 Å². The molecule has 3 fully saturated rings. The first-order chi connectivity index (χ1) is 11.6. The molecule has 2 saturated heterocycles. The zero-order valence-corrected chi connectivity index (χ0v) is 14.5. The SMILES string of the molecule is CC(C1CCN(C2CCC23CCN(C(=O)O)C3)CC1)n1cccn1. The number of carbonyl (C=O) groups is 1. The van der Waals surface area contributed by atoms with E-state index >= 15 is 0 Å². The van der Waals surface area contributed by atoms with E-state index in [1.807, 2.05) is 12.3 Å². The minimum atomic E-state index is -0.746. The molecule has 4 rings (SSSR count). The van der Waals surface area contributed by atoms with Crippen LogP contribution in [-0.2, 0) is 0 Å². The van der Waals surface area contributed by atoms with Gasteiger partial charge in [-0.2, -0.15) is 5.10 Å². The van der Waals surface area contributed by atoms with Gasteiger partial charge in [0.05, 0.1) is 6.04 Å². The highest BCUT2D eigenvalue weighted by Gasteiger charge is 2.54. The Hall–Kier alpha value is -1.56. The van der Waals surface area contributed by atoms with E-state index in [4.69, 9.17) is 0 Å². The minimum absolute atomic E-state index is 0.249. The molecule has 0 aromatic carbocycles. The van der Waals surface area contributed by atoms with Crippen LogP contribution in [0.3, 0.4) is 0 Å². The summed E-state index contributed by atoms with van der Waals surface area (Å²) in [5.41, 5.74) is 0.249. The number of likely N-dealkylation sites (tertiary alicyclic amines) is 2. The standard InChI is InChI=1S/C18H28N4O2/c1-14(22-9-2-8-19-22)15-4-10-20(11-5-15)16-3-6-18(16)7-12-21(13-18)17(23)24/h2,8-9,14-16H,3-7,10-13H2,1H3,(H,23,24). The second-order valence-electron chi connectivity index (χ2n) is 7.97. The number of nitrogens with zero attached hydrogens (tertiary/aromatic N) is 4. The summed E-state index contributed by atoms with van der Waals surface area (Å²) < 4.78 is 2.09. The zero-order valence-electron chi connectivity index (χ0n) is 14.5. The number of hydrogen-bond donors (Lipinski definition) is 1. The molecule has 0 radical (unpaired) electrons. The zero-order chi connectivity index (χ0) is 16.7. The van der Waals surface area contributed by atoms with E-state index in [2.05, 4.69) is 27.8 Å². The molecule has 0 bridgehead atoms. The second kappa shape index (κ2) is 6.06. The second-order valence-corrected chi connectivity index (χ2v) is 7.97. The van der Waals surface area contributed by atoms with Gasteiger partial charge in [-0.05, 0) is 64.1 Å². The van der Waals surface area contributed by atoms with Crippen LogP contribution < -0.4 is 0 Å². The van der Waals surface area contributed by atoms with Crippen molar-refractivity contribution >= 4 is 6.09 Å². The maximum atomic E-state index is 11.2. The van der Waals surface area contributed by atoms with Crippen LogP contribution in [-0.4, -0.2) is 63.0 Å². The lowest BCUT2D eigenvalue weighted by Crippen LogP contribution is -2.58. The molecule has 3 aliphatic rings. The third-order valence-corrected chi connectivity index (χ3v) is 6.92. The average Bonchev–Trinajstić information content (AvgIpc) is 3.25. The highest BCUT2D eigenvalue weighted by Crippen LogP contribution is 2.51. The Kier molecular flexibility index (Phi) is 4.03. The van der Waals surface area contributed by atoms with Gasteiger partial charge in [0.1, 0.15) is 0 Å². The van der Waals surface area contributed by atoms with Gasteiger partial charge in [0, 0.05) is 36.9 Å². The normalized spacial score (nSPS) is 32.9. The Labute approximate surface area is 143 Å². The van der Waals surface area contributed by atoms with Crippen molar-refractivity contribution in [1.82, 2.24) is 19.6 Å². The number of rotatable bonds is 3. The van der Waals surface area contributed by atoms with E-state index in [1.165, 1.54) is 25.7 Å². The first-order valence-electron chi connectivity index (χ1n) is 9.30. The highest BCUT2D eigenvalue weighted by atomic mass is 16.4. The van der Waals surface area contributed by atoms with E-state index in [9.17, 15) is 9.90 Å². The van der Waals surface area contributed by atoms with Gasteiger partial charge >= 0.3 is 6.09 Å². The van der Waals surface area contributed by atoms with E-state index in [-0.39, 0.29) is 5.41 Å². The van der Waals surface area contributed by atoms with Gasteiger partial charge in [0.25, 0.3) is 0 Å². The smallest absolute Gasteiger partial charge is 0.407 e. The molecule has 6 heteroatoms. The molecule has 2 aliphatic heterocycles. The van der Waals surface area contributed by atoms with Crippen LogP contribution in [0.1, 0.15) is 45.1 Å². The number of amides is 1. The summed E-state index contributed by atoms with van der Waals surface area (Å²) in [6, 6.07) is 3.06. The fraction of sp³-hybridized carbons (Fsp3) is 0.778. The summed E-state index contributed by atoms with van der Waals surface area (Å²) in [6.07, 6.45) is 9.11.